The Bertz CT molecular complexity index is 565. The molecule has 0 aliphatic carbocycles. The molecule has 0 bridgehead atoms. The molecule has 0 aromatic carbocycles. The third kappa shape index (κ3) is 4.70. The van der Waals surface area contributed by atoms with E-state index in [-0.39, 0.29) is 11.9 Å². The predicted molar refractivity (Wildman–Crippen MR) is 80.8 cm³/mol. The first-order valence-corrected chi connectivity index (χ1v) is 7.57. The third-order valence-corrected chi connectivity index (χ3v) is 3.37. The average molecular weight is 306 g/mol. The van der Waals surface area contributed by atoms with Crippen LogP contribution >= 0.6 is 0 Å². The van der Waals surface area contributed by atoms with Gasteiger partial charge < -0.3 is 20.0 Å². The summed E-state index contributed by atoms with van der Waals surface area (Å²) in [6.07, 6.45) is 6.84. The number of hydrogen-bond donors (Lipinski definition) is 2. The van der Waals surface area contributed by atoms with Crippen LogP contribution in [-0.2, 0) is 11.2 Å². The van der Waals surface area contributed by atoms with Gasteiger partial charge in [-0.25, -0.2) is 0 Å². The summed E-state index contributed by atoms with van der Waals surface area (Å²) in [6.45, 7) is 2.57. The van der Waals surface area contributed by atoms with Crippen molar-refractivity contribution in [3.8, 4) is 11.4 Å². The monoisotopic (exact) mass is 306 g/mol. The van der Waals surface area contributed by atoms with Crippen molar-refractivity contribution in [1.82, 2.24) is 15.5 Å². The maximum atomic E-state index is 11.9. The van der Waals surface area contributed by atoms with Gasteiger partial charge >= 0.3 is 0 Å². The molecule has 0 saturated heterocycles. The fourth-order valence-electron chi connectivity index (χ4n) is 2.09. The van der Waals surface area contributed by atoms with Crippen LogP contribution < -0.4 is 11.1 Å². The predicted octanol–water partition coefficient (Wildman–Crippen LogP) is 1.90. The molecule has 22 heavy (non-hydrogen) atoms. The van der Waals surface area contributed by atoms with Crippen LogP contribution in [0.3, 0.4) is 0 Å². The number of carbonyl (C=O) groups excluding carboxylic acids is 1. The summed E-state index contributed by atoms with van der Waals surface area (Å²) in [4.78, 5) is 16.1. The normalized spacial score (nSPS) is 12.3. The first-order valence-electron chi connectivity index (χ1n) is 7.57. The number of aryl methyl sites for hydroxylation is 1. The number of carbonyl (C=O) groups is 1. The maximum Gasteiger partial charge on any atom is 0.227 e. The van der Waals surface area contributed by atoms with Crippen LogP contribution in [0.1, 0.15) is 38.5 Å². The van der Waals surface area contributed by atoms with E-state index in [0.29, 0.717) is 31.1 Å². The van der Waals surface area contributed by atoms with Crippen molar-refractivity contribution >= 4 is 5.91 Å². The lowest BCUT2D eigenvalue weighted by molar-refractivity contribution is -0.121. The summed E-state index contributed by atoms with van der Waals surface area (Å²) in [5.41, 5.74) is 6.41. The summed E-state index contributed by atoms with van der Waals surface area (Å²) < 4.78 is 10.1. The number of nitrogens with two attached hydrogens (primary N) is 1. The van der Waals surface area contributed by atoms with Crippen molar-refractivity contribution < 1.29 is 13.7 Å². The minimum Gasteiger partial charge on any atom is -0.472 e. The largest absolute Gasteiger partial charge is 0.472 e. The van der Waals surface area contributed by atoms with Crippen LogP contribution in [0.5, 0.6) is 0 Å². The van der Waals surface area contributed by atoms with E-state index in [1.165, 1.54) is 0 Å². The molecule has 0 spiro atoms. The van der Waals surface area contributed by atoms with E-state index in [1.807, 2.05) is 0 Å². The van der Waals surface area contributed by atoms with E-state index < -0.39 is 0 Å². The molecule has 0 radical (unpaired) electrons. The Morgan fingerprint density at radius 1 is 1.50 bits per heavy atom. The van der Waals surface area contributed by atoms with Crippen molar-refractivity contribution in [2.45, 2.75) is 45.1 Å². The number of nitrogens with zero attached hydrogens (tertiary/aromatic N) is 2. The molecule has 2 rings (SSSR count). The third-order valence-electron chi connectivity index (χ3n) is 3.37. The van der Waals surface area contributed by atoms with E-state index in [9.17, 15) is 4.79 Å². The Balaban J connectivity index is 1.78. The number of furan rings is 1. The van der Waals surface area contributed by atoms with E-state index >= 15 is 0 Å². The quantitative estimate of drug-likeness (QED) is 0.732. The molecule has 7 heteroatoms. The summed E-state index contributed by atoms with van der Waals surface area (Å²) in [5, 5.41) is 6.79. The maximum absolute atomic E-state index is 11.9. The second-order valence-electron chi connectivity index (χ2n) is 5.17. The molecule has 1 unspecified atom stereocenters. The van der Waals surface area contributed by atoms with Gasteiger partial charge in [0.2, 0.25) is 17.6 Å². The fourth-order valence-corrected chi connectivity index (χ4v) is 2.09. The van der Waals surface area contributed by atoms with Gasteiger partial charge in [0.1, 0.15) is 6.26 Å². The topological polar surface area (TPSA) is 107 Å². The molecule has 1 amide bonds. The molecule has 1 atom stereocenters. The van der Waals surface area contributed by atoms with Crippen molar-refractivity contribution in [3.63, 3.8) is 0 Å². The Labute approximate surface area is 129 Å². The fraction of sp³-hybridized carbons (Fsp3) is 0.533. The molecular weight excluding hydrogens is 284 g/mol. The zero-order valence-corrected chi connectivity index (χ0v) is 12.7. The SMILES string of the molecule is CCCCC(CN)NC(=O)CCc1nc(-c2ccoc2)no1. The molecule has 7 nitrogen and oxygen atoms in total. The van der Waals surface area contributed by atoms with Gasteiger partial charge in [0, 0.05) is 25.4 Å². The lowest BCUT2D eigenvalue weighted by Crippen LogP contribution is -2.40. The Hall–Kier alpha value is -2.15. The van der Waals surface area contributed by atoms with Crippen LogP contribution in [0, 0.1) is 0 Å². The number of unbranched alkanes of at least 4 members (excludes halogenated alkanes) is 1. The van der Waals surface area contributed by atoms with Crippen molar-refractivity contribution in [3.05, 3.63) is 24.5 Å². The van der Waals surface area contributed by atoms with Crippen LogP contribution in [0.25, 0.3) is 11.4 Å². The summed E-state index contributed by atoms with van der Waals surface area (Å²) in [7, 11) is 0. The van der Waals surface area contributed by atoms with Crippen LogP contribution in [0.2, 0.25) is 0 Å². The smallest absolute Gasteiger partial charge is 0.227 e. The Morgan fingerprint density at radius 3 is 3.05 bits per heavy atom. The van der Waals surface area contributed by atoms with E-state index in [1.54, 1.807) is 18.6 Å². The highest BCUT2D eigenvalue weighted by molar-refractivity contribution is 5.76. The molecule has 0 saturated carbocycles. The second-order valence-corrected chi connectivity index (χ2v) is 5.17. The number of hydrogen-bond acceptors (Lipinski definition) is 6. The molecule has 2 aromatic heterocycles. The van der Waals surface area contributed by atoms with Gasteiger partial charge in [0.05, 0.1) is 11.8 Å². The number of rotatable bonds is 9. The first-order chi connectivity index (χ1) is 10.7. The summed E-state index contributed by atoms with van der Waals surface area (Å²) >= 11 is 0. The van der Waals surface area contributed by atoms with E-state index in [4.69, 9.17) is 14.7 Å². The van der Waals surface area contributed by atoms with Gasteiger partial charge in [-0.2, -0.15) is 4.98 Å². The first kappa shape index (κ1) is 16.2. The number of nitrogens with one attached hydrogen (secondary N) is 1. The molecule has 3 N–H and O–H groups in total. The van der Waals surface area contributed by atoms with Gasteiger partial charge in [-0.05, 0) is 12.5 Å². The van der Waals surface area contributed by atoms with Crippen molar-refractivity contribution in [1.29, 1.82) is 0 Å². The van der Waals surface area contributed by atoms with Gasteiger partial charge in [-0.15, -0.1) is 0 Å². The highest BCUT2D eigenvalue weighted by Gasteiger charge is 2.13. The minimum atomic E-state index is -0.0467. The van der Waals surface area contributed by atoms with E-state index in [2.05, 4.69) is 22.4 Å². The van der Waals surface area contributed by atoms with Gasteiger partial charge in [0.25, 0.3) is 0 Å². The summed E-state index contributed by atoms with van der Waals surface area (Å²) in [5.74, 6) is 0.853. The number of amides is 1. The average Bonchev–Trinajstić information content (AvgIpc) is 3.19. The zero-order valence-electron chi connectivity index (χ0n) is 12.7. The number of aromatic nitrogens is 2. The zero-order chi connectivity index (χ0) is 15.8. The highest BCUT2D eigenvalue weighted by atomic mass is 16.5. The van der Waals surface area contributed by atoms with Crippen LogP contribution in [0.4, 0.5) is 0 Å². The molecule has 2 aromatic rings. The Kier molecular flexibility index (Phi) is 6.14. The summed E-state index contributed by atoms with van der Waals surface area (Å²) in [6, 6.07) is 1.79. The van der Waals surface area contributed by atoms with Crippen molar-refractivity contribution in [2.24, 2.45) is 5.73 Å². The molecule has 2 heterocycles. The molecule has 0 fully saturated rings. The molecule has 0 aliphatic heterocycles. The van der Waals surface area contributed by atoms with Gasteiger partial charge in [-0.1, -0.05) is 24.9 Å². The van der Waals surface area contributed by atoms with E-state index in [0.717, 1.165) is 24.8 Å². The second kappa shape index (κ2) is 8.33. The van der Waals surface area contributed by atoms with Crippen LogP contribution in [-0.4, -0.2) is 28.6 Å². The minimum absolute atomic E-state index is 0.0385. The van der Waals surface area contributed by atoms with Crippen molar-refractivity contribution in [2.75, 3.05) is 6.54 Å². The van der Waals surface area contributed by atoms with Gasteiger partial charge in [0.15, 0.2) is 0 Å². The molecule has 0 aliphatic rings. The molecular formula is C15H22N4O3. The molecule has 120 valence electrons. The highest BCUT2D eigenvalue weighted by Crippen LogP contribution is 2.16. The van der Waals surface area contributed by atoms with Crippen LogP contribution in [0.15, 0.2) is 27.5 Å². The van der Waals surface area contributed by atoms with Gasteiger partial charge in [-0.3, -0.25) is 4.79 Å². The lowest BCUT2D eigenvalue weighted by atomic mass is 10.1. The lowest BCUT2D eigenvalue weighted by Gasteiger charge is -2.15. The Morgan fingerprint density at radius 2 is 2.36 bits per heavy atom. The standard InChI is InChI=1S/C15H22N4O3/c1-2-3-4-12(9-16)17-13(20)5-6-14-18-15(19-22-14)11-7-8-21-10-11/h7-8,10,12H,2-6,9,16H2,1H3,(H,17,20).